The molecular formula is C14H17ClO. The Bertz CT molecular complexity index is 459. The van der Waals surface area contributed by atoms with E-state index in [-0.39, 0.29) is 0 Å². The molecule has 0 aliphatic rings. The van der Waals surface area contributed by atoms with Gasteiger partial charge in [-0.3, -0.25) is 0 Å². The van der Waals surface area contributed by atoms with E-state index >= 15 is 0 Å². The Kier molecular flexibility index (Phi) is 3.89. The van der Waals surface area contributed by atoms with Gasteiger partial charge in [0.25, 0.3) is 0 Å². The summed E-state index contributed by atoms with van der Waals surface area (Å²) in [6, 6.07) is 5.93. The SMILES string of the molecule is CCCCCCc1occ2cc(Cl)ccc12. The minimum absolute atomic E-state index is 0.769. The van der Waals surface area contributed by atoms with Crippen LogP contribution in [0.1, 0.15) is 38.4 Å². The van der Waals surface area contributed by atoms with E-state index in [0.717, 1.165) is 22.6 Å². The molecule has 1 nitrogen and oxygen atoms in total. The van der Waals surface area contributed by atoms with E-state index in [1.165, 1.54) is 31.1 Å². The molecule has 0 saturated heterocycles. The molecule has 0 bridgehead atoms. The molecule has 2 rings (SSSR count). The summed E-state index contributed by atoms with van der Waals surface area (Å²) in [5.41, 5.74) is 0. The molecular weight excluding hydrogens is 220 g/mol. The van der Waals surface area contributed by atoms with Gasteiger partial charge in [0.05, 0.1) is 6.26 Å². The maximum Gasteiger partial charge on any atom is 0.111 e. The highest BCUT2D eigenvalue weighted by Gasteiger charge is 2.05. The van der Waals surface area contributed by atoms with Crippen LogP contribution in [0.3, 0.4) is 0 Å². The number of benzene rings is 1. The maximum absolute atomic E-state index is 5.93. The molecule has 1 aromatic heterocycles. The van der Waals surface area contributed by atoms with E-state index < -0.39 is 0 Å². The Labute approximate surface area is 101 Å². The zero-order chi connectivity index (χ0) is 11.4. The van der Waals surface area contributed by atoms with E-state index in [9.17, 15) is 0 Å². The summed E-state index contributed by atoms with van der Waals surface area (Å²) < 4.78 is 5.59. The van der Waals surface area contributed by atoms with Crippen molar-refractivity contribution in [1.82, 2.24) is 0 Å². The van der Waals surface area contributed by atoms with Gasteiger partial charge in [-0.2, -0.15) is 0 Å². The van der Waals surface area contributed by atoms with Crippen LogP contribution >= 0.6 is 11.6 Å². The molecule has 0 spiro atoms. The monoisotopic (exact) mass is 236 g/mol. The third-order valence-electron chi connectivity index (χ3n) is 2.90. The van der Waals surface area contributed by atoms with Crippen molar-refractivity contribution in [1.29, 1.82) is 0 Å². The summed E-state index contributed by atoms with van der Waals surface area (Å²) in [4.78, 5) is 0. The second kappa shape index (κ2) is 5.40. The van der Waals surface area contributed by atoms with Crippen molar-refractivity contribution in [3.8, 4) is 0 Å². The van der Waals surface area contributed by atoms with Gasteiger partial charge in [-0.1, -0.05) is 37.8 Å². The molecule has 0 amide bonds. The van der Waals surface area contributed by atoms with Crippen LogP contribution in [0.4, 0.5) is 0 Å². The fourth-order valence-electron chi connectivity index (χ4n) is 1.99. The molecule has 1 heterocycles. The van der Waals surface area contributed by atoms with E-state index in [4.69, 9.17) is 16.0 Å². The maximum atomic E-state index is 5.93. The molecule has 0 atom stereocenters. The summed E-state index contributed by atoms with van der Waals surface area (Å²) in [5.74, 6) is 1.10. The number of halogens is 1. The van der Waals surface area contributed by atoms with Gasteiger partial charge < -0.3 is 4.42 Å². The predicted molar refractivity (Wildman–Crippen MR) is 69.1 cm³/mol. The highest BCUT2D eigenvalue weighted by molar-refractivity contribution is 6.31. The Morgan fingerprint density at radius 2 is 2.06 bits per heavy atom. The Hall–Kier alpha value is -0.950. The smallest absolute Gasteiger partial charge is 0.111 e. The fourth-order valence-corrected chi connectivity index (χ4v) is 2.17. The van der Waals surface area contributed by atoms with Crippen molar-refractivity contribution in [2.75, 3.05) is 0 Å². The Balaban J connectivity index is 2.07. The van der Waals surface area contributed by atoms with Crippen LogP contribution in [0.5, 0.6) is 0 Å². The van der Waals surface area contributed by atoms with E-state index in [0.29, 0.717) is 0 Å². The minimum Gasteiger partial charge on any atom is -0.468 e. The molecule has 0 unspecified atom stereocenters. The molecule has 0 saturated carbocycles. The molecule has 2 heteroatoms. The highest BCUT2D eigenvalue weighted by Crippen LogP contribution is 2.25. The summed E-state index contributed by atoms with van der Waals surface area (Å²) >= 11 is 5.93. The van der Waals surface area contributed by atoms with Crippen molar-refractivity contribution in [2.24, 2.45) is 0 Å². The van der Waals surface area contributed by atoms with Gasteiger partial charge in [-0.15, -0.1) is 0 Å². The normalized spacial score (nSPS) is 11.1. The van der Waals surface area contributed by atoms with E-state index in [2.05, 4.69) is 13.0 Å². The van der Waals surface area contributed by atoms with Crippen LogP contribution in [0, 0.1) is 0 Å². The topological polar surface area (TPSA) is 13.1 Å². The summed E-state index contributed by atoms with van der Waals surface area (Å²) in [5, 5.41) is 3.09. The molecule has 0 radical (unpaired) electrons. The van der Waals surface area contributed by atoms with Crippen LogP contribution in [0.15, 0.2) is 28.9 Å². The highest BCUT2D eigenvalue weighted by atomic mass is 35.5. The molecule has 86 valence electrons. The molecule has 0 fully saturated rings. The van der Waals surface area contributed by atoms with Crippen LogP contribution in [0.2, 0.25) is 5.02 Å². The lowest BCUT2D eigenvalue weighted by Crippen LogP contribution is -1.83. The van der Waals surface area contributed by atoms with Gasteiger partial charge >= 0.3 is 0 Å². The number of aryl methyl sites for hydroxylation is 1. The molecule has 1 aromatic carbocycles. The van der Waals surface area contributed by atoms with Crippen LogP contribution in [-0.2, 0) is 6.42 Å². The van der Waals surface area contributed by atoms with Crippen molar-refractivity contribution < 1.29 is 4.42 Å². The van der Waals surface area contributed by atoms with Crippen LogP contribution in [0.25, 0.3) is 10.8 Å². The van der Waals surface area contributed by atoms with Gasteiger partial charge in [0.1, 0.15) is 5.76 Å². The van der Waals surface area contributed by atoms with Crippen molar-refractivity contribution in [3.63, 3.8) is 0 Å². The quantitative estimate of drug-likeness (QED) is 0.650. The lowest BCUT2D eigenvalue weighted by Gasteiger charge is -1.98. The zero-order valence-corrected chi connectivity index (χ0v) is 10.4. The van der Waals surface area contributed by atoms with E-state index in [1.807, 2.05) is 12.1 Å². The molecule has 16 heavy (non-hydrogen) atoms. The first-order chi connectivity index (χ1) is 7.81. The van der Waals surface area contributed by atoms with E-state index in [1.54, 1.807) is 6.26 Å². The van der Waals surface area contributed by atoms with Gasteiger partial charge in [0, 0.05) is 22.2 Å². The lowest BCUT2D eigenvalue weighted by atomic mass is 10.1. The number of furan rings is 1. The zero-order valence-electron chi connectivity index (χ0n) is 9.63. The third-order valence-corrected chi connectivity index (χ3v) is 3.13. The first-order valence-corrected chi connectivity index (χ1v) is 6.34. The van der Waals surface area contributed by atoms with Gasteiger partial charge in [-0.05, 0) is 24.6 Å². The molecule has 2 aromatic rings. The van der Waals surface area contributed by atoms with Gasteiger partial charge in [-0.25, -0.2) is 0 Å². The Morgan fingerprint density at radius 3 is 2.88 bits per heavy atom. The summed E-state index contributed by atoms with van der Waals surface area (Å²) in [6.07, 6.45) is 7.91. The number of hydrogen-bond acceptors (Lipinski definition) is 1. The summed E-state index contributed by atoms with van der Waals surface area (Å²) in [7, 11) is 0. The third kappa shape index (κ3) is 2.59. The minimum atomic E-state index is 0.769. The average molecular weight is 237 g/mol. The number of rotatable bonds is 5. The molecule has 0 aliphatic carbocycles. The number of hydrogen-bond donors (Lipinski definition) is 0. The molecule has 0 N–H and O–H groups in total. The standard InChI is InChI=1S/C14H17ClO/c1-2-3-4-5-6-14-13-8-7-12(15)9-11(13)10-16-14/h7-10H,2-6H2,1H3. The average Bonchev–Trinajstić information content (AvgIpc) is 2.67. The second-order valence-electron chi connectivity index (χ2n) is 4.20. The number of unbranched alkanes of at least 4 members (excludes halogenated alkanes) is 3. The lowest BCUT2D eigenvalue weighted by molar-refractivity contribution is 0.500. The van der Waals surface area contributed by atoms with Crippen molar-refractivity contribution in [3.05, 3.63) is 35.2 Å². The first kappa shape index (κ1) is 11.5. The van der Waals surface area contributed by atoms with Crippen LogP contribution in [-0.4, -0.2) is 0 Å². The molecule has 0 aliphatic heterocycles. The van der Waals surface area contributed by atoms with Gasteiger partial charge in [0.2, 0.25) is 0 Å². The summed E-state index contributed by atoms with van der Waals surface area (Å²) in [6.45, 7) is 2.23. The van der Waals surface area contributed by atoms with Crippen molar-refractivity contribution >= 4 is 22.4 Å². The van der Waals surface area contributed by atoms with Crippen molar-refractivity contribution in [2.45, 2.75) is 39.0 Å². The fraction of sp³-hybridized carbons (Fsp3) is 0.429. The number of fused-ring (bicyclic) bond motifs is 1. The first-order valence-electron chi connectivity index (χ1n) is 5.97. The van der Waals surface area contributed by atoms with Gasteiger partial charge in [0.15, 0.2) is 0 Å². The van der Waals surface area contributed by atoms with Crippen LogP contribution < -0.4 is 0 Å². The Morgan fingerprint density at radius 1 is 1.19 bits per heavy atom. The second-order valence-corrected chi connectivity index (χ2v) is 4.64. The largest absolute Gasteiger partial charge is 0.468 e. The predicted octanol–water partition coefficient (Wildman–Crippen LogP) is 5.21.